The number of nitro groups is 1. The predicted octanol–water partition coefficient (Wildman–Crippen LogP) is 1.66. The third kappa shape index (κ3) is 3.64. The Morgan fingerprint density at radius 1 is 1.27 bits per heavy atom. The van der Waals surface area contributed by atoms with Crippen LogP contribution in [-0.4, -0.2) is 66.1 Å². The summed E-state index contributed by atoms with van der Waals surface area (Å²) in [5, 5.41) is 11.7. The van der Waals surface area contributed by atoms with Crippen LogP contribution in [0.2, 0.25) is 0 Å². The van der Waals surface area contributed by atoms with Crippen molar-refractivity contribution in [3.8, 4) is 0 Å². The topological polar surface area (TPSA) is 88.7 Å². The van der Waals surface area contributed by atoms with E-state index in [4.69, 9.17) is 0 Å². The van der Waals surface area contributed by atoms with E-state index in [-0.39, 0.29) is 11.4 Å². The predicted molar refractivity (Wildman–Crippen MR) is 101 cm³/mol. The van der Waals surface area contributed by atoms with E-state index >= 15 is 0 Å². The molecule has 0 spiro atoms. The Hall–Kier alpha value is -2.23. The van der Waals surface area contributed by atoms with Gasteiger partial charge in [0.25, 0.3) is 5.69 Å². The first kappa shape index (κ1) is 18.6. The van der Waals surface area contributed by atoms with Crippen molar-refractivity contribution in [2.45, 2.75) is 6.54 Å². The van der Waals surface area contributed by atoms with Crippen LogP contribution in [0.3, 0.4) is 0 Å². The summed E-state index contributed by atoms with van der Waals surface area (Å²) < 4.78 is 26.3. The van der Waals surface area contributed by atoms with E-state index in [1.54, 1.807) is 6.20 Å². The van der Waals surface area contributed by atoms with Crippen LogP contribution in [0.4, 0.5) is 5.69 Å². The number of aromatic nitrogens is 1. The van der Waals surface area contributed by atoms with Crippen LogP contribution in [0.1, 0.15) is 5.56 Å². The molecule has 0 atom stereocenters. The second-order valence-electron chi connectivity index (χ2n) is 6.56. The monoisotopic (exact) mass is 378 g/mol. The van der Waals surface area contributed by atoms with Gasteiger partial charge >= 0.3 is 0 Å². The number of rotatable bonds is 6. The highest BCUT2D eigenvalue weighted by atomic mass is 32.2. The number of non-ortho nitro benzene ring substituents is 1. The van der Waals surface area contributed by atoms with Gasteiger partial charge in [-0.05, 0) is 18.7 Å². The zero-order chi connectivity index (χ0) is 18.9. The summed E-state index contributed by atoms with van der Waals surface area (Å²) >= 11 is 0. The van der Waals surface area contributed by atoms with Crippen molar-refractivity contribution in [3.05, 3.63) is 52.7 Å². The quantitative estimate of drug-likeness (QED) is 0.431. The normalized spacial score (nSPS) is 16.8. The summed E-state index contributed by atoms with van der Waals surface area (Å²) in [5.41, 5.74) is 1.19. The summed E-state index contributed by atoms with van der Waals surface area (Å²) in [5.74, 6) is -0.193. The Morgan fingerprint density at radius 2 is 1.96 bits per heavy atom. The van der Waals surface area contributed by atoms with Gasteiger partial charge in [0.2, 0.25) is 10.0 Å². The lowest BCUT2D eigenvalue weighted by Crippen LogP contribution is -2.43. The minimum absolute atomic E-state index is 0.0454. The molecule has 9 heteroatoms. The van der Waals surface area contributed by atoms with Crippen LogP contribution in [0.15, 0.2) is 37.1 Å². The second kappa shape index (κ2) is 7.18. The average molecular weight is 378 g/mol. The van der Waals surface area contributed by atoms with Gasteiger partial charge in [-0.25, -0.2) is 12.4 Å². The lowest BCUT2D eigenvalue weighted by atomic mass is 10.1. The fourth-order valence-corrected chi connectivity index (χ4v) is 4.41. The molecule has 0 aliphatic carbocycles. The molecule has 2 aromatic rings. The molecule has 8 nitrogen and oxygen atoms in total. The third-order valence-electron chi connectivity index (χ3n) is 4.67. The van der Waals surface area contributed by atoms with E-state index in [0.29, 0.717) is 17.4 Å². The summed E-state index contributed by atoms with van der Waals surface area (Å²) in [6.07, 6.45) is 2.93. The van der Waals surface area contributed by atoms with Crippen molar-refractivity contribution >= 4 is 26.6 Å². The van der Waals surface area contributed by atoms with Gasteiger partial charge in [-0.3, -0.25) is 15.0 Å². The number of hydrogen-bond donors (Lipinski definition) is 0. The molecule has 1 aromatic heterocycles. The fraction of sp³-hybridized carbons (Fsp3) is 0.412. The smallest absolute Gasteiger partial charge is 0.270 e. The SMILES string of the molecule is C=CCS(=O)(=O)n1cc(CN2CCN(C)CC2)c2cc([N+](=O)[O-])ccc21. The second-order valence-corrected chi connectivity index (χ2v) is 8.45. The maximum Gasteiger partial charge on any atom is 0.270 e. The minimum atomic E-state index is -3.60. The number of piperazine rings is 1. The van der Waals surface area contributed by atoms with E-state index < -0.39 is 14.9 Å². The van der Waals surface area contributed by atoms with Crippen LogP contribution in [-0.2, 0) is 16.6 Å². The van der Waals surface area contributed by atoms with Crippen molar-refractivity contribution in [3.63, 3.8) is 0 Å². The summed E-state index contributed by atoms with van der Waals surface area (Å²) in [6.45, 7) is 7.68. The lowest BCUT2D eigenvalue weighted by Gasteiger charge is -2.32. The van der Waals surface area contributed by atoms with E-state index in [1.165, 1.54) is 28.2 Å². The molecule has 26 heavy (non-hydrogen) atoms. The average Bonchev–Trinajstić information content (AvgIpc) is 2.95. The first-order chi connectivity index (χ1) is 12.3. The van der Waals surface area contributed by atoms with Gasteiger partial charge in [-0.2, -0.15) is 0 Å². The number of hydrogen-bond acceptors (Lipinski definition) is 6. The Labute approximate surface area is 152 Å². The largest absolute Gasteiger partial charge is 0.304 e. The van der Waals surface area contributed by atoms with Gasteiger partial charge in [0.05, 0.1) is 16.2 Å². The molecule has 3 rings (SSSR count). The standard InChI is InChI=1S/C17H22N4O4S/c1-3-10-26(24,25)20-13-14(12-19-8-6-18(2)7-9-19)16-11-15(21(22)23)4-5-17(16)20/h3-5,11,13H,1,6-10,12H2,2H3. The van der Waals surface area contributed by atoms with Gasteiger partial charge in [-0.1, -0.05) is 6.08 Å². The van der Waals surface area contributed by atoms with E-state index in [9.17, 15) is 18.5 Å². The van der Waals surface area contributed by atoms with Crippen LogP contribution >= 0.6 is 0 Å². The van der Waals surface area contributed by atoms with Crippen LogP contribution in [0.25, 0.3) is 10.9 Å². The molecule has 0 saturated carbocycles. The van der Waals surface area contributed by atoms with Crippen molar-refractivity contribution in [1.82, 2.24) is 13.8 Å². The Morgan fingerprint density at radius 3 is 2.58 bits per heavy atom. The molecule has 0 bridgehead atoms. The number of benzene rings is 1. The maximum absolute atomic E-state index is 12.6. The molecular weight excluding hydrogens is 356 g/mol. The highest BCUT2D eigenvalue weighted by Gasteiger charge is 2.22. The van der Waals surface area contributed by atoms with Gasteiger partial charge in [0.15, 0.2) is 0 Å². The highest BCUT2D eigenvalue weighted by molar-refractivity contribution is 7.90. The number of fused-ring (bicyclic) bond motifs is 1. The maximum atomic E-state index is 12.6. The summed E-state index contributed by atoms with van der Waals surface area (Å²) in [6, 6.07) is 4.30. The number of nitrogens with zero attached hydrogens (tertiary/aromatic N) is 4. The van der Waals surface area contributed by atoms with Gasteiger partial charge in [0.1, 0.15) is 0 Å². The fourth-order valence-electron chi connectivity index (χ4n) is 3.20. The van der Waals surface area contributed by atoms with Crippen molar-refractivity contribution in [2.24, 2.45) is 0 Å². The lowest BCUT2D eigenvalue weighted by molar-refractivity contribution is -0.384. The molecule has 1 aliphatic heterocycles. The molecule has 0 radical (unpaired) electrons. The molecule has 1 aliphatic rings. The zero-order valence-corrected chi connectivity index (χ0v) is 15.5. The Bertz CT molecular complexity index is 943. The molecule has 0 unspecified atom stereocenters. The summed E-state index contributed by atoms with van der Waals surface area (Å²) in [7, 11) is -1.53. The summed E-state index contributed by atoms with van der Waals surface area (Å²) in [4.78, 5) is 15.1. The van der Waals surface area contributed by atoms with E-state index in [1.807, 2.05) is 0 Å². The van der Waals surface area contributed by atoms with Crippen LogP contribution in [0.5, 0.6) is 0 Å². The van der Waals surface area contributed by atoms with Gasteiger partial charge in [-0.15, -0.1) is 6.58 Å². The van der Waals surface area contributed by atoms with E-state index in [2.05, 4.69) is 23.4 Å². The Balaban J connectivity index is 2.06. The van der Waals surface area contributed by atoms with Gasteiger partial charge in [0, 0.05) is 56.4 Å². The molecular formula is C17H22N4O4S. The van der Waals surface area contributed by atoms with E-state index in [0.717, 1.165) is 31.7 Å². The molecule has 140 valence electrons. The molecule has 0 N–H and O–H groups in total. The highest BCUT2D eigenvalue weighted by Crippen LogP contribution is 2.28. The van der Waals surface area contributed by atoms with Crippen LogP contribution in [0, 0.1) is 10.1 Å². The molecule has 2 heterocycles. The van der Waals surface area contributed by atoms with Crippen molar-refractivity contribution in [2.75, 3.05) is 39.0 Å². The molecule has 1 aromatic carbocycles. The van der Waals surface area contributed by atoms with Gasteiger partial charge < -0.3 is 4.90 Å². The van der Waals surface area contributed by atoms with Crippen molar-refractivity contribution < 1.29 is 13.3 Å². The van der Waals surface area contributed by atoms with Crippen molar-refractivity contribution in [1.29, 1.82) is 0 Å². The molecule has 1 fully saturated rings. The minimum Gasteiger partial charge on any atom is -0.304 e. The number of nitro benzene ring substituents is 1. The first-order valence-electron chi connectivity index (χ1n) is 8.35. The zero-order valence-electron chi connectivity index (χ0n) is 14.7. The third-order valence-corrected chi connectivity index (χ3v) is 6.22. The number of likely N-dealkylation sites (N-methyl/N-ethyl adjacent to an activating group) is 1. The molecule has 1 saturated heterocycles. The molecule has 0 amide bonds. The first-order valence-corrected chi connectivity index (χ1v) is 9.96. The Kier molecular flexibility index (Phi) is 5.12. The van der Waals surface area contributed by atoms with Crippen LogP contribution < -0.4 is 0 Å².